The minimum absolute atomic E-state index is 0.0735. The molecule has 0 radical (unpaired) electrons. The number of aromatic amines is 1. The average Bonchev–Trinajstić information content (AvgIpc) is 2.96. The topological polar surface area (TPSA) is 117 Å². The number of aromatic nitrogens is 2. The first-order chi connectivity index (χ1) is 12.8. The minimum atomic E-state index is -3.87. The van der Waals surface area contributed by atoms with Crippen LogP contribution in [-0.4, -0.2) is 53.4 Å². The van der Waals surface area contributed by atoms with E-state index in [0.29, 0.717) is 10.9 Å². The Morgan fingerprint density at radius 1 is 1.39 bits per heavy atom. The number of guanidine groups is 1. The van der Waals surface area contributed by atoms with Crippen molar-refractivity contribution >= 4 is 33.0 Å². The van der Waals surface area contributed by atoms with Gasteiger partial charge in [-0.3, -0.25) is 10.4 Å². The standard InChI is InChI=1S/C17H22FN5O4S/c1-16(2,3)27-15(24)20-14-21-17(4,9-28(25,26)23(14)5)11-7-13-10(6-12(11)18)8-19-22-13/h6-8H,9H2,1-5H3,(H,19,22)(H,20,21,24)/t17-/m0/s1. The number of hydrogen-bond acceptors (Lipinski definition) is 6. The SMILES string of the molecule is CN1C(NC(=O)OC(C)(C)C)=N[C@](C)(c2cc3[nH]ncc3cc2F)CS1(=O)=O. The van der Waals surface area contributed by atoms with E-state index in [1.165, 1.54) is 32.3 Å². The van der Waals surface area contributed by atoms with Crippen LogP contribution in [0.5, 0.6) is 0 Å². The summed E-state index contributed by atoms with van der Waals surface area (Å²) in [5, 5.41) is 9.48. The predicted octanol–water partition coefficient (Wildman–Crippen LogP) is 2.07. The summed E-state index contributed by atoms with van der Waals surface area (Å²) in [4.78, 5) is 16.5. The molecule has 0 fully saturated rings. The Morgan fingerprint density at radius 2 is 2.07 bits per heavy atom. The van der Waals surface area contributed by atoms with Crippen LogP contribution >= 0.6 is 0 Å². The molecular weight excluding hydrogens is 389 g/mol. The number of fused-ring (bicyclic) bond motifs is 1. The van der Waals surface area contributed by atoms with E-state index in [2.05, 4.69) is 20.5 Å². The van der Waals surface area contributed by atoms with Crippen LogP contribution in [0.3, 0.4) is 0 Å². The molecule has 0 aliphatic carbocycles. The van der Waals surface area contributed by atoms with Gasteiger partial charge in [0.2, 0.25) is 16.0 Å². The van der Waals surface area contributed by atoms with Crippen LogP contribution in [0.25, 0.3) is 10.9 Å². The van der Waals surface area contributed by atoms with E-state index in [-0.39, 0.29) is 11.5 Å². The van der Waals surface area contributed by atoms with Gasteiger partial charge in [-0.1, -0.05) is 0 Å². The number of carbonyl (C=O) groups is 1. The number of ether oxygens (including phenoxy) is 1. The van der Waals surface area contributed by atoms with E-state index in [4.69, 9.17) is 4.74 Å². The molecule has 9 nitrogen and oxygen atoms in total. The molecule has 1 amide bonds. The fraction of sp³-hybridized carbons (Fsp3) is 0.471. The van der Waals surface area contributed by atoms with E-state index < -0.39 is 38.8 Å². The normalized spacial score (nSPS) is 22.1. The van der Waals surface area contributed by atoms with Gasteiger partial charge < -0.3 is 4.74 Å². The van der Waals surface area contributed by atoms with Crippen LogP contribution in [0.4, 0.5) is 9.18 Å². The summed E-state index contributed by atoms with van der Waals surface area (Å²) < 4.78 is 46.1. The lowest BCUT2D eigenvalue weighted by Crippen LogP contribution is -2.54. The van der Waals surface area contributed by atoms with Gasteiger partial charge in [0.1, 0.15) is 17.0 Å². The zero-order chi connectivity index (χ0) is 20.9. The first-order valence-corrected chi connectivity index (χ1v) is 10.1. The van der Waals surface area contributed by atoms with Gasteiger partial charge in [0, 0.05) is 18.0 Å². The largest absolute Gasteiger partial charge is 0.444 e. The summed E-state index contributed by atoms with van der Waals surface area (Å²) in [6.45, 7) is 6.52. The number of rotatable bonds is 1. The summed E-state index contributed by atoms with van der Waals surface area (Å²) in [5.74, 6) is -1.32. The summed E-state index contributed by atoms with van der Waals surface area (Å²) in [6, 6.07) is 2.74. The third-order valence-electron chi connectivity index (χ3n) is 4.25. The number of carbonyl (C=O) groups excluding carboxylic acids is 1. The summed E-state index contributed by atoms with van der Waals surface area (Å²) >= 11 is 0. The van der Waals surface area contributed by atoms with E-state index in [1.54, 1.807) is 20.8 Å². The Balaban J connectivity index is 2.06. The van der Waals surface area contributed by atoms with Crippen LogP contribution in [0.2, 0.25) is 0 Å². The van der Waals surface area contributed by atoms with E-state index >= 15 is 0 Å². The second-order valence-corrected chi connectivity index (χ2v) is 9.85. The van der Waals surface area contributed by atoms with Crippen LogP contribution < -0.4 is 5.32 Å². The highest BCUT2D eigenvalue weighted by atomic mass is 32.2. The highest BCUT2D eigenvalue weighted by Crippen LogP contribution is 2.35. The van der Waals surface area contributed by atoms with Crippen LogP contribution in [0.1, 0.15) is 33.3 Å². The van der Waals surface area contributed by atoms with Crippen molar-refractivity contribution in [2.75, 3.05) is 12.8 Å². The molecule has 3 rings (SSSR count). The molecule has 1 aliphatic rings. The average molecular weight is 411 g/mol. The van der Waals surface area contributed by atoms with Crippen LogP contribution in [0, 0.1) is 5.82 Å². The fourth-order valence-corrected chi connectivity index (χ4v) is 4.41. The Labute approximate surface area is 162 Å². The number of sulfonamides is 1. The van der Waals surface area contributed by atoms with Crippen molar-refractivity contribution in [1.82, 2.24) is 19.8 Å². The number of aliphatic imine (C=N–C) groups is 1. The molecule has 0 unspecified atom stereocenters. The van der Waals surface area contributed by atoms with Gasteiger partial charge in [0.05, 0.1) is 17.5 Å². The maximum atomic E-state index is 14.8. The first kappa shape index (κ1) is 20.1. The summed E-state index contributed by atoms with van der Waals surface area (Å²) in [5.41, 5.74) is -1.62. The molecule has 11 heteroatoms. The number of nitrogens with zero attached hydrogens (tertiary/aromatic N) is 3. The lowest BCUT2D eigenvalue weighted by Gasteiger charge is -2.36. The quantitative estimate of drug-likeness (QED) is 0.745. The minimum Gasteiger partial charge on any atom is -0.444 e. The Morgan fingerprint density at radius 3 is 2.71 bits per heavy atom. The van der Waals surface area contributed by atoms with Crippen molar-refractivity contribution in [3.63, 3.8) is 0 Å². The molecule has 0 saturated carbocycles. The molecule has 1 atom stereocenters. The van der Waals surface area contributed by atoms with Gasteiger partial charge in [-0.15, -0.1) is 0 Å². The summed E-state index contributed by atoms with van der Waals surface area (Å²) in [7, 11) is -2.61. The van der Waals surface area contributed by atoms with Gasteiger partial charge in [-0.2, -0.15) is 5.10 Å². The molecule has 2 aromatic rings. The highest BCUT2D eigenvalue weighted by molar-refractivity contribution is 7.89. The Bertz CT molecular complexity index is 1070. The number of alkyl carbamates (subject to hydrolysis) is 1. The second-order valence-electron chi connectivity index (χ2n) is 7.85. The van der Waals surface area contributed by atoms with Gasteiger partial charge in [-0.25, -0.2) is 26.9 Å². The number of benzene rings is 1. The van der Waals surface area contributed by atoms with E-state index in [0.717, 1.165) is 4.31 Å². The van der Waals surface area contributed by atoms with E-state index in [9.17, 15) is 17.6 Å². The maximum absolute atomic E-state index is 14.8. The fourth-order valence-electron chi connectivity index (χ4n) is 2.94. The monoisotopic (exact) mass is 411 g/mol. The Hall–Kier alpha value is -2.69. The van der Waals surface area contributed by atoms with Crippen molar-refractivity contribution in [2.45, 2.75) is 38.8 Å². The third-order valence-corrected chi connectivity index (χ3v) is 6.19. The molecule has 0 saturated heterocycles. The van der Waals surface area contributed by atoms with Crippen molar-refractivity contribution in [1.29, 1.82) is 0 Å². The molecule has 2 N–H and O–H groups in total. The number of amides is 1. The molecule has 0 bridgehead atoms. The molecule has 2 heterocycles. The van der Waals surface area contributed by atoms with Crippen molar-refractivity contribution in [3.05, 3.63) is 29.7 Å². The lowest BCUT2D eigenvalue weighted by atomic mass is 9.93. The molecule has 1 aromatic carbocycles. The van der Waals surface area contributed by atoms with Crippen LogP contribution in [0.15, 0.2) is 23.3 Å². The molecular formula is C17H22FN5O4S. The third kappa shape index (κ3) is 3.79. The van der Waals surface area contributed by atoms with Crippen molar-refractivity contribution < 1.29 is 22.3 Å². The number of H-pyrrole nitrogens is 1. The zero-order valence-corrected chi connectivity index (χ0v) is 17.0. The van der Waals surface area contributed by atoms with E-state index in [1.807, 2.05) is 0 Å². The number of halogens is 1. The molecule has 0 spiro atoms. The van der Waals surface area contributed by atoms with Crippen molar-refractivity contribution in [2.24, 2.45) is 4.99 Å². The van der Waals surface area contributed by atoms with Gasteiger partial charge in [0.15, 0.2) is 0 Å². The van der Waals surface area contributed by atoms with Gasteiger partial charge in [0.25, 0.3) is 0 Å². The molecule has 1 aliphatic heterocycles. The highest BCUT2D eigenvalue weighted by Gasteiger charge is 2.43. The first-order valence-electron chi connectivity index (χ1n) is 8.50. The molecule has 1 aromatic heterocycles. The zero-order valence-electron chi connectivity index (χ0n) is 16.2. The lowest BCUT2D eigenvalue weighted by molar-refractivity contribution is 0.0559. The summed E-state index contributed by atoms with van der Waals surface area (Å²) in [6.07, 6.45) is 0.608. The maximum Gasteiger partial charge on any atom is 0.414 e. The molecule has 152 valence electrons. The number of nitrogens with one attached hydrogen (secondary N) is 2. The van der Waals surface area contributed by atoms with Crippen molar-refractivity contribution in [3.8, 4) is 0 Å². The Kier molecular flexibility index (Phi) is 4.61. The van der Waals surface area contributed by atoms with Crippen LogP contribution in [-0.2, 0) is 20.3 Å². The smallest absolute Gasteiger partial charge is 0.414 e. The van der Waals surface area contributed by atoms with Gasteiger partial charge in [-0.05, 0) is 39.8 Å². The van der Waals surface area contributed by atoms with Gasteiger partial charge >= 0.3 is 6.09 Å². The number of hydrogen-bond donors (Lipinski definition) is 2. The molecule has 28 heavy (non-hydrogen) atoms. The second kappa shape index (κ2) is 6.43. The predicted molar refractivity (Wildman–Crippen MR) is 102 cm³/mol.